The molecule has 2 aromatic carbocycles. The van der Waals surface area contributed by atoms with Gasteiger partial charge in [0.05, 0.1) is 6.54 Å². The highest BCUT2D eigenvalue weighted by atomic mass is 79.9. The average molecular weight is 336 g/mol. The summed E-state index contributed by atoms with van der Waals surface area (Å²) in [6, 6.07) is 15.4. The van der Waals surface area contributed by atoms with E-state index in [1.54, 1.807) is 29.0 Å². The molecule has 0 aliphatic rings. The number of alkyl halides is 2. The first-order valence-corrected chi connectivity index (χ1v) is 7.04. The standard InChI is InChI=1S/C16H12BrF2N/c17-14-7-4-8-15-13(14)9-10-20(15)11-16(18,19)12-5-2-1-3-6-12/h1-10H,11H2. The van der Waals surface area contributed by atoms with Crippen LogP contribution in [0.1, 0.15) is 5.56 Å². The van der Waals surface area contributed by atoms with Crippen molar-refractivity contribution in [2.24, 2.45) is 0 Å². The normalized spacial score (nSPS) is 11.9. The number of benzene rings is 2. The monoisotopic (exact) mass is 335 g/mol. The van der Waals surface area contributed by atoms with Crippen molar-refractivity contribution in [1.29, 1.82) is 0 Å². The molecule has 0 aliphatic heterocycles. The number of hydrogen-bond acceptors (Lipinski definition) is 0. The Morgan fingerprint density at radius 3 is 2.45 bits per heavy atom. The molecule has 0 aliphatic carbocycles. The first kappa shape index (κ1) is 13.3. The molecule has 0 spiro atoms. The van der Waals surface area contributed by atoms with Crippen LogP contribution in [-0.4, -0.2) is 4.57 Å². The third-order valence-corrected chi connectivity index (χ3v) is 4.02. The molecule has 0 radical (unpaired) electrons. The van der Waals surface area contributed by atoms with E-state index in [2.05, 4.69) is 15.9 Å². The molecule has 1 heterocycles. The van der Waals surface area contributed by atoms with Gasteiger partial charge in [-0.25, -0.2) is 0 Å². The SMILES string of the molecule is FC(F)(Cn1ccc2c(Br)cccc21)c1ccccc1. The number of aromatic nitrogens is 1. The first-order valence-electron chi connectivity index (χ1n) is 6.25. The molecule has 0 unspecified atom stereocenters. The third kappa shape index (κ3) is 2.36. The van der Waals surface area contributed by atoms with Gasteiger partial charge in [0.15, 0.2) is 0 Å². The van der Waals surface area contributed by atoms with Gasteiger partial charge in [-0.2, -0.15) is 8.78 Å². The quantitative estimate of drug-likeness (QED) is 0.620. The third-order valence-electron chi connectivity index (χ3n) is 3.33. The van der Waals surface area contributed by atoms with Crippen molar-refractivity contribution in [3.63, 3.8) is 0 Å². The van der Waals surface area contributed by atoms with E-state index >= 15 is 0 Å². The van der Waals surface area contributed by atoms with Crippen LogP contribution in [0.15, 0.2) is 65.3 Å². The summed E-state index contributed by atoms with van der Waals surface area (Å²) in [5, 5.41) is 0.941. The molecular formula is C16H12BrF2N. The Balaban J connectivity index is 1.99. The van der Waals surface area contributed by atoms with Gasteiger partial charge in [0.2, 0.25) is 0 Å². The minimum atomic E-state index is -2.89. The minimum Gasteiger partial charge on any atom is -0.341 e. The maximum absolute atomic E-state index is 14.3. The highest BCUT2D eigenvalue weighted by Gasteiger charge is 2.32. The van der Waals surface area contributed by atoms with Crippen LogP contribution in [0.5, 0.6) is 0 Å². The van der Waals surface area contributed by atoms with Gasteiger partial charge >= 0.3 is 0 Å². The van der Waals surface area contributed by atoms with E-state index in [9.17, 15) is 8.78 Å². The van der Waals surface area contributed by atoms with Gasteiger partial charge in [-0.1, -0.05) is 52.3 Å². The number of halogens is 3. The van der Waals surface area contributed by atoms with E-state index < -0.39 is 5.92 Å². The molecule has 0 saturated heterocycles. The van der Waals surface area contributed by atoms with E-state index in [-0.39, 0.29) is 12.1 Å². The predicted octanol–water partition coefficient (Wildman–Crippen LogP) is 5.20. The Labute approximate surface area is 124 Å². The first-order chi connectivity index (χ1) is 9.58. The van der Waals surface area contributed by atoms with Gasteiger partial charge in [-0.05, 0) is 18.2 Å². The molecule has 20 heavy (non-hydrogen) atoms. The van der Waals surface area contributed by atoms with Crippen LogP contribution >= 0.6 is 15.9 Å². The lowest BCUT2D eigenvalue weighted by Crippen LogP contribution is -2.20. The summed E-state index contributed by atoms with van der Waals surface area (Å²) >= 11 is 3.43. The maximum Gasteiger partial charge on any atom is 0.290 e. The Morgan fingerprint density at radius 1 is 0.950 bits per heavy atom. The van der Waals surface area contributed by atoms with Crippen molar-refractivity contribution in [2.75, 3.05) is 0 Å². The Morgan fingerprint density at radius 2 is 1.70 bits per heavy atom. The number of nitrogens with zero attached hydrogens (tertiary/aromatic N) is 1. The van der Waals surface area contributed by atoms with E-state index in [1.807, 2.05) is 24.3 Å². The molecule has 1 nitrogen and oxygen atoms in total. The fourth-order valence-electron chi connectivity index (χ4n) is 2.31. The topological polar surface area (TPSA) is 4.93 Å². The summed E-state index contributed by atoms with van der Waals surface area (Å²) in [5.41, 5.74) is 0.840. The van der Waals surface area contributed by atoms with E-state index in [0.717, 1.165) is 15.4 Å². The fourth-order valence-corrected chi connectivity index (χ4v) is 2.80. The van der Waals surface area contributed by atoms with E-state index in [4.69, 9.17) is 0 Å². The molecule has 1 aromatic heterocycles. The van der Waals surface area contributed by atoms with Crippen molar-refractivity contribution >= 4 is 26.8 Å². The lowest BCUT2D eigenvalue weighted by Gasteiger charge is -2.18. The summed E-state index contributed by atoms with van der Waals surface area (Å²) < 4.78 is 31.1. The van der Waals surface area contributed by atoms with Crippen LogP contribution in [0.4, 0.5) is 8.78 Å². The maximum atomic E-state index is 14.3. The van der Waals surface area contributed by atoms with Crippen molar-refractivity contribution < 1.29 is 8.78 Å². The Hall–Kier alpha value is -1.68. The number of fused-ring (bicyclic) bond motifs is 1. The van der Waals surface area contributed by atoms with Gasteiger partial charge in [0.25, 0.3) is 5.92 Å². The molecule has 4 heteroatoms. The Bertz CT molecular complexity index is 735. The smallest absolute Gasteiger partial charge is 0.290 e. The summed E-state index contributed by atoms with van der Waals surface area (Å²) in [6.45, 7) is -0.364. The van der Waals surface area contributed by atoms with Crippen molar-refractivity contribution in [1.82, 2.24) is 4.57 Å². The summed E-state index contributed by atoms with van der Waals surface area (Å²) in [4.78, 5) is 0. The zero-order chi connectivity index (χ0) is 14.2. The zero-order valence-electron chi connectivity index (χ0n) is 10.6. The van der Waals surface area contributed by atoms with Crippen LogP contribution in [-0.2, 0) is 12.5 Å². The molecule has 0 amide bonds. The molecule has 0 bridgehead atoms. The fraction of sp³-hybridized carbons (Fsp3) is 0.125. The van der Waals surface area contributed by atoms with Gasteiger partial charge in [-0.3, -0.25) is 0 Å². The van der Waals surface area contributed by atoms with Gasteiger partial charge in [-0.15, -0.1) is 0 Å². The minimum absolute atomic E-state index is 0.0387. The molecule has 0 fully saturated rings. The highest BCUT2D eigenvalue weighted by molar-refractivity contribution is 9.10. The lowest BCUT2D eigenvalue weighted by atomic mass is 10.1. The molecule has 0 N–H and O–H groups in total. The van der Waals surface area contributed by atoms with Gasteiger partial charge in [0, 0.05) is 27.1 Å². The second-order valence-electron chi connectivity index (χ2n) is 4.69. The van der Waals surface area contributed by atoms with Gasteiger partial charge < -0.3 is 4.57 Å². The summed E-state index contributed by atoms with van der Waals surface area (Å²) in [6.07, 6.45) is 1.70. The second kappa shape index (κ2) is 5.02. The number of rotatable bonds is 3. The average Bonchev–Trinajstić information content (AvgIpc) is 2.84. The van der Waals surface area contributed by atoms with Crippen LogP contribution < -0.4 is 0 Å². The molecule has 0 saturated carbocycles. The van der Waals surface area contributed by atoms with Crippen LogP contribution in [0.3, 0.4) is 0 Å². The second-order valence-corrected chi connectivity index (χ2v) is 5.54. The van der Waals surface area contributed by atoms with E-state index in [1.165, 1.54) is 12.1 Å². The highest BCUT2D eigenvalue weighted by Crippen LogP contribution is 2.32. The number of hydrogen-bond donors (Lipinski definition) is 0. The van der Waals surface area contributed by atoms with Crippen LogP contribution in [0.25, 0.3) is 10.9 Å². The zero-order valence-corrected chi connectivity index (χ0v) is 12.1. The summed E-state index contributed by atoms with van der Waals surface area (Å²) in [7, 11) is 0. The molecule has 102 valence electrons. The van der Waals surface area contributed by atoms with Gasteiger partial charge in [0.1, 0.15) is 0 Å². The predicted molar refractivity (Wildman–Crippen MR) is 80.0 cm³/mol. The lowest BCUT2D eigenvalue weighted by molar-refractivity contribution is -0.0211. The van der Waals surface area contributed by atoms with Crippen LogP contribution in [0, 0.1) is 0 Å². The molecule has 0 atom stereocenters. The van der Waals surface area contributed by atoms with Crippen LogP contribution in [0.2, 0.25) is 0 Å². The molecule has 3 aromatic rings. The van der Waals surface area contributed by atoms with Crippen molar-refractivity contribution in [3.05, 3.63) is 70.8 Å². The van der Waals surface area contributed by atoms with E-state index in [0.29, 0.717) is 0 Å². The van der Waals surface area contributed by atoms with Crippen molar-refractivity contribution in [2.45, 2.75) is 12.5 Å². The molecule has 3 rings (SSSR count). The van der Waals surface area contributed by atoms with Crippen molar-refractivity contribution in [3.8, 4) is 0 Å². The summed E-state index contributed by atoms with van der Waals surface area (Å²) in [5.74, 6) is -2.89. The largest absolute Gasteiger partial charge is 0.341 e. The molecular weight excluding hydrogens is 324 g/mol. The Kier molecular flexibility index (Phi) is 3.34.